The van der Waals surface area contributed by atoms with Gasteiger partial charge in [0.05, 0.1) is 15.7 Å². The van der Waals surface area contributed by atoms with Crippen molar-refractivity contribution in [2.45, 2.75) is 77.1 Å². The molecule has 0 aliphatic heterocycles. The summed E-state index contributed by atoms with van der Waals surface area (Å²) in [6, 6.07) is 1.44. The molecule has 0 aromatic heterocycles. The number of hydrogen-bond acceptors (Lipinski definition) is 2. The van der Waals surface area contributed by atoms with Gasteiger partial charge in [-0.05, 0) is 51.9 Å². The molecular formula is C16H32B2N2. The first-order chi connectivity index (χ1) is 9.78. The van der Waals surface area contributed by atoms with E-state index in [0.717, 1.165) is 63.7 Å². The van der Waals surface area contributed by atoms with Crippen LogP contribution in [0.25, 0.3) is 0 Å². The normalized spacial score (nSPS) is 23.6. The minimum absolute atomic E-state index is 0.720. The average Bonchev–Trinajstić information content (AvgIpc) is 2.50. The maximum Gasteiger partial charge on any atom is 0.0653 e. The summed E-state index contributed by atoms with van der Waals surface area (Å²) >= 11 is 0. The molecule has 1 aliphatic rings. The molecule has 1 rings (SSSR count). The van der Waals surface area contributed by atoms with Crippen LogP contribution < -0.4 is 0 Å². The third-order valence-corrected chi connectivity index (χ3v) is 4.74. The van der Waals surface area contributed by atoms with Crippen molar-refractivity contribution in [1.29, 1.82) is 0 Å². The summed E-state index contributed by atoms with van der Waals surface area (Å²) in [6.07, 6.45) is 9.31. The van der Waals surface area contributed by atoms with E-state index < -0.39 is 0 Å². The Morgan fingerprint density at radius 2 is 1.20 bits per heavy atom. The Morgan fingerprint density at radius 3 is 1.50 bits per heavy atom. The first-order valence-electron chi connectivity index (χ1n) is 8.66. The summed E-state index contributed by atoms with van der Waals surface area (Å²) in [5.74, 6) is 0. The van der Waals surface area contributed by atoms with E-state index in [4.69, 9.17) is 15.7 Å². The highest BCUT2D eigenvalue weighted by atomic mass is 15.2. The number of likely N-dealkylation sites (N-methyl/N-ethyl adjacent to an activating group) is 2. The van der Waals surface area contributed by atoms with E-state index in [2.05, 4.69) is 23.6 Å². The SMILES string of the molecule is [B]CCCN(CC)C1CCCCC1N(CC)CCC[B]. The monoisotopic (exact) mass is 274 g/mol. The van der Waals surface area contributed by atoms with Crippen molar-refractivity contribution in [3.63, 3.8) is 0 Å². The highest BCUT2D eigenvalue weighted by molar-refractivity contribution is 6.08. The molecule has 1 aliphatic carbocycles. The summed E-state index contributed by atoms with van der Waals surface area (Å²) in [5.41, 5.74) is 0. The van der Waals surface area contributed by atoms with E-state index in [1.54, 1.807) is 0 Å². The lowest BCUT2D eigenvalue weighted by molar-refractivity contribution is 0.0530. The smallest absolute Gasteiger partial charge is 0.0653 e. The molecular weight excluding hydrogens is 242 g/mol. The Labute approximate surface area is 129 Å². The zero-order valence-electron chi connectivity index (χ0n) is 13.7. The topological polar surface area (TPSA) is 6.48 Å². The third-order valence-electron chi connectivity index (χ3n) is 4.74. The molecule has 0 heterocycles. The van der Waals surface area contributed by atoms with Crippen molar-refractivity contribution in [2.24, 2.45) is 0 Å². The molecule has 1 fully saturated rings. The van der Waals surface area contributed by atoms with Crippen molar-refractivity contribution in [2.75, 3.05) is 26.2 Å². The van der Waals surface area contributed by atoms with Gasteiger partial charge in [-0.2, -0.15) is 0 Å². The summed E-state index contributed by atoms with van der Waals surface area (Å²) in [6.45, 7) is 9.19. The van der Waals surface area contributed by atoms with Gasteiger partial charge in [-0.25, -0.2) is 0 Å². The summed E-state index contributed by atoms with van der Waals surface area (Å²) < 4.78 is 0. The Balaban J connectivity index is 2.67. The fourth-order valence-electron chi connectivity index (χ4n) is 3.65. The van der Waals surface area contributed by atoms with Gasteiger partial charge in [-0.15, -0.1) is 0 Å². The van der Waals surface area contributed by atoms with Crippen LogP contribution in [0.2, 0.25) is 12.6 Å². The standard InChI is InChI=1S/C16H32B2N2/c1-3-19(13-7-11-17)15-9-5-6-10-16(15)20(4-2)14-8-12-18/h15-16H,3-14H2,1-2H3. The summed E-state index contributed by atoms with van der Waals surface area (Å²) in [4.78, 5) is 5.34. The fraction of sp³-hybridized carbons (Fsp3) is 1.00. The highest BCUT2D eigenvalue weighted by Gasteiger charge is 2.32. The molecule has 2 nitrogen and oxygen atoms in total. The van der Waals surface area contributed by atoms with Crippen LogP contribution in [-0.2, 0) is 0 Å². The van der Waals surface area contributed by atoms with Gasteiger partial charge in [0, 0.05) is 12.1 Å². The van der Waals surface area contributed by atoms with Gasteiger partial charge in [-0.1, -0.05) is 39.3 Å². The van der Waals surface area contributed by atoms with Gasteiger partial charge in [0.2, 0.25) is 0 Å². The van der Waals surface area contributed by atoms with Crippen LogP contribution in [0.4, 0.5) is 0 Å². The van der Waals surface area contributed by atoms with Crippen LogP contribution in [0.5, 0.6) is 0 Å². The van der Waals surface area contributed by atoms with Crippen LogP contribution >= 0.6 is 0 Å². The van der Waals surface area contributed by atoms with E-state index in [1.165, 1.54) is 25.7 Å². The Kier molecular flexibility index (Phi) is 9.71. The van der Waals surface area contributed by atoms with Crippen LogP contribution in [-0.4, -0.2) is 63.8 Å². The minimum atomic E-state index is 0.720. The molecule has 0 spiro atoms. The third kappa shape index (κ3) is 5.44. The fourth-order valence-corrected chi connectivity index (χ4v) is 3.65. The molecule has 0 saturated heterocycles. The maximum absolute atomic E-state index is 5.70. The molecule has 1 saturated carbocycles. The van der Waals surface area contributed by atoms with E-state index in [-0.39, 0.29) is 0 Å². The number of nitrogens with zero attached hydrogens (tertiary/aromatic N) is 2. The first kappa shape index (κ1) is 18.1. The summed E-state index contributed by atoms with van der Waals surface area (Å²) in [5, 5.41) is 0. The predicted molar refractivity (Wildman–Crippen MR) is 90.9 cm³/mol. The lowest BCUT2D eigenvalue weighted by Crippen LogP contribution is -2.53. The molecule has 0 aromatic rings. The molecule has 0 amide bonds. The quantitative estimate of drug-likeness (QED) is 0.565. The molecule has 0 N–H and O–H groups in total. The van der Waals surface area contributed by atoms with Crippen molar-refractivity contribution < 1.29 is 0 Å². The molecule has 4 radical (unpaired) electrons. The zero-order valence-corrected chi connectivity index (χ0v) is 13.7. The molecule has 2 unspecified atom stereocenters. The van der Waals surface area contributed by atoms with Crippen molar-refractivity contribution in [3.05, 3.63) is 0 Å². The lowest BCUT2D eigenvalue weighted by atomic mass is 9.87. The second-order valence-corrected chi connectivity index (χ2v) is 5.96. The lowest BCUT2D eigenvalue weighted by Gasteiger charge is -2.45. The summed E-state index contributed by atoms with van der Waals surface area (Å²) in [7, 11) is 11.4. The minimum Gasteiger partial charge on any atom is -0.299 e. The first-order valence-corrected chi connectivity index (χ1v) is 8.66. The molecule has 2 atom stereocenters. The maximum atomic E-state index is 5.70. The van der Waals surface area contributed by atoms with Gasteiger partial charge >= 0.3 is 0 Å². The van der Waals surface area contributed by atoms with Gasteiger partial charge in [-0.3, -0.25) is 9.80 Å². The van der Waals surface area contributed by atoms with Crippen molar-refractivity contribution in [3.8, 4) is 0 Å². The van der Waals surface area contributed by atoms with Gasteiger partial charge < -0.3 is 0 Å². The van der Waals surface area contributed by atoms with E-state index in [1.807, 2.05) is 0 Å². The second-order valence-electron chi connectivity index (χ2n) is 5.96. The molecule has 112 valence electrons. The number of hydrogen-bond donors (Lipinski definition) is 0. The van der Waals surface area contributed by atoms with Gasteiger partial charge in [0.15, 0.2) is 0 Å². The largest absolute Gasteiger partial charge is 0.299 e. The molecule has 0 aromatic carbocycles. The second kappa shape index (κ2) is 10.7. The van der Waals surface area contributed by atoms with Gasteiger partial charge in [0.25, 0.3) is 0 Å². The zero-order chi connectivity index (χ0) is 14.8. The number of rotatable bonds is 10. The van der Waals surface area contributed by atoms with Crippen LogP contribution in [0.3, 0.4) is 0 Å². The molecule has 0 bridgehead atoms. The van der Waals surface area contributed by atoms with Crippen LogP contribution in [0.15, 0.2) is 0 Å². The van der Waals surface area contributed by atoms with E-state index in [9.17, 15) is 0 Å². The van der Waals surface area contributed by atoms with Crippen molar-refractivity contribution >= 4 is 15.7 Å². The Morgan fingerprint density at radius 1 is 0.800 bits per heavy atom. The molecule has 20 heavy (non-hydrogen) atoms. The highest BCUT2D eigenvalue weighted by Crippen LogP contribution is 2.27. The Bertz CT molecular complexity index is 215. The van der Waals surface area contributed by atoms with Crippen LogP contribution in [0.1, 0.15) is 52.4 Å². The predicted octanol–water partition coefficient (Wildman–Crippen LogP) is 2.90. The van der Waals surface area contributed by atoms with E-state index >= 15 is 0 Å². The molecule has 4 heteroatoms. The Hall–Kier alpha value is 0.0499. The van der Waals surface area contributed by atoms with Crippen molar-refractivity contribution in [1.82, 2.24) is 9.80 Å². The van der Waals surface area contributed by atoms with E-state index in [0.29, 0.717) is 0 Å². The van der Waals surface area contributed by atoms with Crippen LogP contribution in [0, 0.1) is 0 Å². The average molecular weight is 274 g/mol. The van der Waals surface area contributed by atoms with Gasteiger partial charge in [0.1, 0.15) is 0 Å².